The molecule has 1 aliphatic rings. The Bertz CT molecular complexity index is 315. The first-order valence-electron chi connectivity index (χ1n) is 5.19. The lowest BCUT2D eigenvalue weighted by Crippen LogP contribution is -2.36. The van der Waals surface area contributed by atoms with Crippen LogP contribution in [0.4, 0.5) is 8.78 Å². The highest BCUT2D eigenvalue weighted by Gasteiger charge is 2.38. The number of hydrogen-bond acceptors (Lipinski definition) is 1. The van der Waals surface area contributed by atoms with Gasteiger partial charge in [-0.15, -0.1) is 0 Å². The summed E-state index contributed by atoms with van der Waals surface area (Å²) in [5.41, 5.74) is 0.770. The van der Waals surface area contributed by atoms with E-state index < -0.39 is 24.4 Å². The fraction of sp³-hybridized carbons (Fsp3) is 0.500. The largest absolute Gasteiger partial charge is 0.393 e. The average molecular weight is 212 g/mol. The molecule has 1 fully saturated rings. The van der Waals surface area contributed by atoms with Crippen molar-refractivity contribution in [2.24, 2.45) is 0 Å². The van der Waals surface area contributed by atoms with Gasteiger partial charge in [0.1, 0.15) is 12.3 Å². The molecule has 0 bridgehead atoms. The fourth-order valence-electron chi connectivity index (χ4n) is 2.18. The molecule has 1 saturated carbocycles. The second-order valence-corrected chi connectivity index (χ2v) is 4.10. The van der Waals surface area contributed by atoms with E-state index in [-0.39, 0.29) is 6.42 Å². The van der Waals surface area contributed by atoms with Crippen molar-refractivity contribution in [1.82, 2.24) is 0 Å². The van der Waals surface area contributed by atoms with Gasteiger partial charge in [-0.05, 0) is 12.0 Å². The summed E-state index contributed by atoms with van der Waals surface area (Å²) < 4.78 is 26.8. The molecule has 0 heterocycles. The Morgan fingerprint density at radius 3 is 2.40 bits per heavy atom. The predicted octanol–water partition coefficient (Wildman–Crippen LogP) is 2.60. The lowest BCUT2D eigenvalue weighted by molar-refractivity contribution is 0.0162. The molecule has 1 N–H and O–H groups in total. The molecule has 0 saturated heterocycles. The molecule has 0 spiro atoms. The Morgan fingerprint density at radius 1 is 1.07 bits per heavy atom. The van der Waals surface area contributed by atoms with E-state index in [0.29, 0.717) is 6.42 Å². The third-order valence-electron chi connectivity index (χ3n) is 2.98. The molecule has 4 atom stereocenters. The Morgan fingerprint density at radius 2 is 1.73 bits per heavy atom. The fourth-order valence-corrected chi connectivity index (χ4v) is 2.18. The van der Waals surface area contributed by atoms with Gasteiger partial charge in [-0.25, -0.2) is 8.78 Å². The number of rotatable bonds is 1. The molecule has 82 valence electrons. The maximum Gasteiger partial charge on any atom is 0.138 e. The molecule has 0 aromatic heterocycles. The minimum absolute atomic E-state index is 0.0789. The van der Waals surface area contributed by atoms with Crippen molar-refractivity contribution in [3.8, 4) is 0 Å². The van der Waals surface area contributed by atoms with Crippen LogP contribution in [-0.4, -0.2) is 23.6 Å². The van der Waals surface area contributed by atoms with Crippen molar-refractivity contribution in [3.63, 3.8) is 0 Å². The van der Waals surface area contributed by atoms with Crippen molar-refractivity contribution in [3.05, 3.63) is 35.9 Å². The van der Waals surface area contributed by atoms with Gasteiger partial charge in [0.05, 0.1) is 6.10 Å². The molecular weight excluding hydrogens is 198 g/mol. The molecule has 15 heavy (non-hydrogen) atoms. The van der Waals surface area contributed by atoms with Gasteiger partial charge in [-0.1, -0.05) is 30.3 Å². The van der Waals surface area contributed by atoms with E-state index in [1.54, 1.807) is 24.3 Å². The third-order valence-corrected chi connectivity index (χ3v) is 2.98. The van der Waals surface area contributed by atoms with Crippen LogP contribution in [0.15, 0.2) is 30.3 Å². The van der Waals surface area contributed by atoms with E-state index >= 15 is 0 Å². The summed E-state index contributed by atoms with van der Waals surface area (Å²) in [4.78, 5) is 0. The van der Waals surface area contributed by atoms with Crippen LogP contribution in [0.1, 0.15) is 24.3 Å². The molecular formula is C12H14F2O. The van der Waals surface area contributed by atoms with Gasteiger partial charge in [0.15, 0.2) is 0 Å². The summed E-state index contributed by atoms with van der Waals surface area (Å²) in [6.07, 6.45) is -3.53. The zero-order chi connectivity index (χ0) is 10.8. The first kappa shape index (κ1) is 10.6. The van der Waals surface area contributed by atoms with Crippen LogP contribution in [-0.2, 0) is 0 Å². The summed E-state index contributed by atoms with van der Waals surface area (Å²) >= 11 is 0. The zero-order valence-electron chi connectivity index (χ0n) is 8.31. The monoisotopic (exact) mass is 212 g/mol. The van der Waals surface area contributed by atoms with Crippen molar-refractivity contribution >= 4 is 0 Å². The Kier molecular flexibility index (Phi) is 3.00. The van der Waals surface area contributed by atoms with Gasteiger partial charge in [0.25, 0.3) is 0 Å². The number of hydrogen-bond donors (Lipinski definition) is 1. The third kappa shape index (κ3) is 2.17. The number of benzene rings is 1. The molecule has 0 radical (unpaired) electrons. The summed E-state index contributed by atoms with van der Waals surface area (Å²) in [5.74, 6) is -0.509. The highest BCUT2D eigenvalue weighted by Crippen LogP contribution is 2.36. The second-order valence-electron chi connectivity index (χ2n) is 4.10. The highest BCUT2D eigenvalue weighted by atomic mass is 19.2. The summed E-state index contributed by atoms with van der Waals surface area (Å²) in [5, 5.41) is 9.42. The SMILES string of the molecule is O[C@H]1C[C@@H](F)[C@@H](F)[C@@H](c2ccccc2)C1. The van der Waals surface area contributed by atoms with E-state index in [1.165, 1.54) is 0 Å². The van der Waals surface area contributed by atoms with Crippen molar-refractivity contribution in [2.75, 3.05) is 0 Å². The van der Waals surface area contributed by atoms with Gasteiger partial charge < -0.3 is 5.11 Å². The van der Waals surface area contributed by atoms with E-state index in [0.717, 1.165) is 5.56 Å². The summed E-state index contributed by atoms with van der Waals surface area (Å²) in [7, 11) is 0. The van der Waals surface area contributed by atoms with Crippen molar-refractivity contribution in [2.45, 2.75) is 37.2 Å². The molecule has 1 aromatic carbocycles. The number of aliphatic hydroxyl groups excluding tert-OH is 1. The Balaban J connectivity index is 2.20. The number of alkyl halides is 2. The van der Waals surface area contributed by atoms with E-state index in [2.05, 4.69) is 0 Å². The van der Waals surface area contributed by atoms with Crippen LogP contribution in [0.5, 0.6) is 0 Å². The summed E-state index contributed by atoms with van der Waals surface area (Å²) in [6, 6.07) is 9.00. The molecule has 0 unspecified atom stereocenters. The van der Waals surface area contributed by atoms with Crippen LogP contribution in [0, 0.1) is 0 Å². The van der Waals surface area contributed by atoms with E-state index in [1.807, 2.05) is 6.07 Å². The van der Waals surface area contributed by atoms with Crippen LogP contribution in [0.25, 0.3) is 0 Å². The first-order valence-corrected chi connectivity index (χ1v) is 5.19. The van der Waals surface area contributed by atoms with Gasteiger partial charge >= 0.3 is 0 Å². The minimum Gasteiger partial charge on any atom is -0.393 e. The molecule has 0 aliphatic heterocycles. The minimum atomic E-state index is -1.54. The smallest absolute Gasteiger partial charge is 0.138 e. The van der Waals surface area contributed by atoms with Gasteiger partial charge in [-0.2, -0.15) is 0 Å². The number of aliphatic hydroxyl groups is 1. The van der Waals surface area contributed by atoms with Crippen molar-refractivity contribution in [1.29, 1.82) is 0 Å². The van der Waals surface area contributed by atoms with Crippen LogP contribution < -0.4 is 0 Å². The molecule has 3 heteroatoms. The lowest BCUT2D eigenvalue weighted by atomic mass is 9.80. The highest BCUT2D eigenvalue weighted by molar-refractivity contribution is 5.22. The lowest BCUT2D eigenvalue weighted by Gasteiger charge is -2.32. The van der Waals surface area contributed by atoms with Gasteiger partial charge in [-0.3, -0.25) is 0 Å². The van der Waals surface area contributed by atoms with Gasteiger partial charge in [0, 0.05) is 12.3 Å². The molecule has 0 amide bonds. The van der Waals surface area contributed by atoms with E-state index in [4.69, 9.17) is 0 Å². The van der Waals surface area contributed by atoms with Crippen LogP contribution >= 0.6 is 0 Å². The second kappa shape index (κ2) is 4.27. The summed E-state index contributed by atoms with van der Waals surface area (Å²) in [6.45, 7) is 0. The maximum atomic E-state index is 13.6. The molecule has 1 aliphatic carbocycles. The van der Waals surface area contributed by atoms with Gasteiger partial charge in [0.2, 0.25) is 0 Å². The van der Waals surface area contributed by atoms with Crippen LogP contribution in [0.3, 0.4) is 0 Å². The quantitative estimate of drug-likeness (QED) is 0.758. The number of halogens is 2. The molecule has 1 nitrogen and oxygen atoms in total. The van der Waals surface area contributed by atoms with Crippen LogP contribution in [0.2, 0.25) is 0 Å². The normalized spacial score (nSPS) is 36.5. The zero-order valence-corrected chi connectivity index (χ0v) is 8.31. The van der Waals surface area contributed by atoms with Crippen molar-refractivity contribution < 1.29 is 13.9 Å². The Labute approximate surface area is 87.7 Å². The molecule has 2 rings (SSSR count). The Hall–Kier alpha value is -0.960. The predicted molar refractivity (Wildman–Crippen MR) is 54.2 cm³/mol. The molecule has 1 aromatic rings. The average Bonchev–Trinajstić information content (AvgIpc) is 2.24. The standard InChI is InChI=1S/C12H14F2O/c13-11-7-9(15)6-10(12(11)14)8-4-2-1-3-5-8/h1-5,9-12,15H,6-7H2/t9-,10-,11-,12+/m1/s1. The van der Waals surface area contributed by atoms with E-state index in [9.17, 15) is 13.9 Å². The first-order chi connectivity index (χ1) is 7.18. The maximum absolute atomic E-state index is 13.6. The topological polar surface area (TPSA) is 20.2 Å².